The highest BCUT2D eigenvalue weighted by Gasteiger charge is 2.32. The van der Waals surface area contributed by atoms with E-state index in [9.17, 15) is 4.21 Å². The fraction of sp³-hybridized carbons (Fsp3) is 0.556. The SMILES string of the molecule is Cc1ncc(C(C)(C)S(C)(=O)=NC#N)s1. The molecule has 0 radical (unpaired) electrons. The van der Waals surface area contributed by atoms with Crippen LogP contribution in [0, 0.1) is 18.4 Å². The van der Waals surface area contributed by atoms with Crippen molar-refractivity contribution in [1.82, 2.24) is 4.98 Å². The lowest BCUT2D eigenvalue weighted by molar-refractivity contribution is 0.642. The molecule has 82 valence electrons. The molecular formula is C9H13N3OS2. The molecule has 0 aliphatic rings. The van der Waals surface area contributed by atoms with Crippen LogP contribution in [0.5, 0.6) is 0 Å². The highest BCUT2D eigenvalue weighted by Crippen LogP contribution is 2.33. The Morgan fingerprint density at radius 1 is 1.67 bits per heavy atom. The minimum atomic E-state index is -2.57. The fourth-order valence-electron chi connectivity index (χ4n) is 1.02. The molecule has 0 saturated carbocycles. The standard InChI is InChI=1S/C9H13N3OS2/c1-7-11-5-8(14-7)9(2,3)15(4,13)12-6-10/h5H,1-4H3. The van der Waals surface area contributed by atoms with Crippen molar-refractivity contribution in [2.24, 2.45) is 4.36 Å². The third-order valence-electron chi connectivity index (χ3n) is 2.38. The first kappa shape index (κ1) is 12.1. The van der Waals surface area contributed by atoms with Gasteiger partial charge in [0.1, 0.15) is 0 Å². The molecule has 0 aliphatic carbocycles. The molecule has 6 heteroatoms. The molecule has 0 aliphatic heterocycles. The molecule has 0 fully saturated rings. The summed E-state index contributed by atoms with van der Waals surface area (Å²) in [6, 6.07) is 0. The Labute approximate surface area is 94.2 Å². The lowest BCUT2D eigenvalue weighted by Gasteiger charge is -2.23. The topological polar surface area (TPSA) is 66.1 Å². The molecule has 0 amide bonds. The molecular weight excluding hydrogens is 230 g/mol. The average Bonchev–Trinajstić information content (AvgIpc) is 2.51. The van der Waals surface area contributed by atoms with E-state index < -0.39 is 14.5 Å². The van der Waals surface area contributed by atoms with Crippen LogP contribution in [0.25, 0.3) is 0 Å². The van der Waals surface area contributed by atoms with Gasteiger partial charge in [0.25, 0.3) is 0 Å². The van der Waals surface area contributed by atoms with Crippen molar-refractivity contribution in [2.45, 2.75) is 25.5 Å². The normalized spacial score (nSPS) is 15.4. The summed E-state index contributed by atoms with van der Waals surface area (Å²) in [6.07, 6.45) is 4.83. The van der Waals surface area contributed by atoms with E-state index in [2.05, 4.69) is 9.35 Å². The van der Waals surface area contributed by atoms with Gasteiger partial charge < -0.3 is 0 Å². The smallest absolute Gasteiger partial charge is 0.214 e. The van der Waals surface area contributed by atoms with Gasteiger partial charge in [0.05, 0.1) is 19.5 Å². The second-order valence-corrected chi connectivity index (χ2v) is 7.79. The number of rotatable bonds is 2. The zero-order valence-corrected chi connectivity index (χ0v) is 10.8. The molecule has 1 unspecified atom stereocenters. The number of nitrogens with zero attached hydrogens (tertiary/aromatic N) is 3. The van der Waals surface area contributed by atoms with Crippen LogP contribution < -0.4 is 0 Å². The van der Waals surface area contributed by atoms with Crippen LogP contribution in [0.3, 0.4) is 0 Å². The van der Waals surface area contributed by atoms with Gasteiger partial charge in [-0.25, -0.2) is 9.19 Å². The molecule has 0 saturated heterocycles. The van der Waals surface area contributed by atoms with E-state index in [4.69, 9.17) is 5.26 Å². The molecule has 15 heavy (non-hydrogen) atoms. The Balaban J connectivity index is 3.32. The van der Waals surface area contributed by atoms with Crippen molar-refractivity contribution in [3.05, 3.63) is 16.1 Å². The van der Waals surface area contributed by atoms with Crippen LogP contribution in [0.15, 0.2) is 10.6 Å². The van der Waals surface area contributed by atoms with Crippen LogP contribution in [0.4, 0.5) is 0 Å². The molecule has 0 bridgehead atoms. The summed E-state index contributed by atoms with van der Waals surface area (Å²) in [5.41, 5.74) is 0. The van der Waals surface area contributed by atoms with Crippen molar-refractivity contribution in [3.63, 3.8) is 0 Å². The number of thiazole rings is 1. The second kappa shape index (κ2) is 3.91. The summed E-state index contributed by atoms with van der Waals surface area (Å²) in [6.45, 7) is 5.54. The molecule has 4 nitrogen and oxygen atoms in total. The van der Waals surface area contributed by atoms with Gasteiger partial charge >= 0.3 is 0 Å². The van der Waals surface area contributed by atoms with Crippen molar-refractivity contribution in [3.8, 4) is 6.19 Å². The minimum Gasteiger partial charge on any atom is -0.250 e. The first-order chi connectivity index (χ1) is 6.81. The number of aryl methyl sites for hydroxylation is 1. The fourth-order valence-corrected chi connectivity index (χ4v) is 3.19. The van der Waals surface area contributed by atoms with Crippen molar-refractivity contribution >= 4 is 21.1 Å². The van der Waals surface area contributed by atoms with E-state index in [-0.39, 0.29) is 0 Å². The van der Waals surface area contributed by atoms with Crippen LogP contribution in [0.2, 0.25) is 0 Å². The predicted octanol–water partition coefficient (Wildman–Crippen LogP) is 2.27. The Kier molecular flexibility index (Phi) is 3.16. The third-order valence-corrected chi connectivity index (χ3v) is 6.29. The average molecular weight is 243 g/mol. The van der Waals surface area contributed by atoms with Gasteiger partial charge in [0.2, 0.25) is 6.19 Å². The van der Waals surface area contributed by atoms with Gasteiger partial charge in [-0.15, -0.1) is 15.7 Å². The maximum atomic E-state index is 12.2. The van der Waals surface area contributed by atoms with Gasteiger partial charge in [-0.1, -0.05) is 0 Å². The summed E-state index contributed by atoms with van der Waals surface area (Å²) in [5, 5.41) is 9.43. The summed E-state index contributed by atoms with van der Waals surface area (Å²) in [4.78, 5) is 5.02. The number of hydrogen-bond donors (Lipinski definition) is 0. The summed E-state index contributed by atoms with van der Waals surface area (Å²) < 4.78 is 15.1. The van der Waals surface area contributed by atoms with E-state index >= 15 is 0 Å². The van der Waals surface area contributed by atoms with Gasteiger partial charge in [-0.3, -0.25) is 0 Å². The lowest BCUT2D eigenvalue weighted by Crippen LogP contribution is -2.26. The molecule has 1 rings (SSSR count). The van der Waals surface area contributed by atoms with E-state index in [0.717, 1.165) is 9.88 Å². The van der Waals surface area contributed by atoms with Crippen molar-refractivity contribution in [1.29, 1.82) is 5.26 Å². The number of hydrogen-bond acceptors (Lipinski definition) is 5. The van der Waals surface area contributed by atoms with Crippen molar-refractivity contribution in [2.75, 3.05) is 6.26 Å². The van der Waals surface area contributed by atoms with E-state index in [1.807, 2.05) is 20.8 Å². The monoisotopic (exact) mass is 243 g/mol. The van der Waals surface area contributed by atoms with E-state index in [1.54, 1.807) is 12.4 Å². The number of nitriles is 1. The minimum absolute atomic E-state index is 0.644. The lowest BCUT2D eigenvalue weighted by atomic mass is 10.2. The Bertz CT molecular complexity index is 516. The van der Waals surface area contributed by atoms with E-state index in [1.165, 1.54) is 17.6 Å². The molecule has 1 aromatic heterocycles. The molecule has 1 atom stereocenters. The number of aromatic nitrogens is 1. The zero-order chi connectivity index (χ0) is 11.7. The van der Waals surface area contributed by atoms with Gasteiger partial charge in [-0.05, 0) is 20.8 Å². The van der Waals surface area contributed by atoms with Crippen LogP contribution >= 0.6 is 11.3 Å². The van der Waals surface area contributed by atoms with E-state index in [0.29, 0.717) is 0 Å². The molecule has 1 heterocycles. The summed E-state index contributed by atoms with van der Waals surface area (Å²) in [7, 11) is -2.57. The second-order valence-electron chi connectivity index (χ2n) is 3.75. The third kappa shape index (κ3) is 2.19. The summed E-state index contributed by atoms with van der Waals surface area (Å²) >= 11 is 1.49. The highest BCUT2D eigenvalue weighted by molar-refractivity contribution is 7.94. The van der Waals surface area contributed by atoms with Crippen LogP contribution in [-0.4, -0.2) is 15.4 Å². The first-order valence-electron chi connectivity index (χ1n) is 4.34. The quantitative estimate of drug-likeness (QED) is 0.748. The molecule has 0 N–H and O–H groups in total. The van der Waals surface area contributed by atoms with Gasteiger partial charge in [0.15, 0.2) is 0 Å². The Hall–Kier alpha value is -0.930. The van der Waals surface area contributed by atoms with Crippen LogP contribution in [0.1, 0.15) is 23.7 Å². The first-order valence-corrected chi connectivity index (χ1v) is 7.08. The summed E-state index contributed by atoms with van der Waals surface area (Å²) in [5.74, 6) is 0. The predicted molar refractivity (Wildman–Crippen MR) is 62.0 cm³/mol. The largest absolute Gasteiger partial charge is 0.250 e. The van der Waals surface area contributed by atoms with Gasteiger partial charge in [0, 0.05) is 17.3 Å². The Morgan fingerprint density at radius 3 is 2.67 bits per heavy atom. The molecule has 0 aromatic carbocycles. The van der Waals surface area contributed by atoms with Crippen molar-refractivity contribution < 1.29 is 4.21 Å². The zero-order valence-electron chi connectivity index (χ0n) is 9.14. The maximum absolute atomic E-state index is 12.2. The molecule has 0 spiro atoms. The molecule has 1 aromatic rings. The Morgan fingerprint density at radius 2 is 2.27 bits per heavy atom. The highest BCUT2D eigenvalue weighted by atomic mass is 32.2. The van der Waals surface area contributed by atoms with Crippen LogP contribution in [-0.2, 0) is 14.5 Å². The van der Waals surface area contributed by atoms with Gasteiger partial charge in [-0.2, -0.15) is 5.26 Å². The maximum Gasteiger partial charge on any atom is 0.214 e.